The molecule has 0 N–H and O–H groups in total. The molecule has 0 aliphatic carbocycles. The van der Waals surface area contributed by atoms with Crippen molar-refractivity contribution in [1.82, 2.24) is 4.90 Å². The van der Waals surface area contributed by atoms with Crippen molar-refractivity contribution in [2.45, 2.75) is 27.2 Å². The van der Waals surface area contributed by atoms with Gasteiger partial charge < -0.3 is 9.64 Å². The van der Waals surface area contributed by atoms with Gasteiger partial charge in [-0.2, -0.15) is 5.26 Å². The molecule has 1 heterocycles. The van der Waals surface area contributed by atoms with E-state index in [2.05, 4.69) is 0 Å². The standard InChI is InChI=1S/C12H18N2O3/c1-4-17-11(16)12(7-13)5-10(15)14(8-12)6-9(2)3/h9H,4-6,8H2,1-3H3. The Kier molecular flexibility index (Phi) is 4.11. The molecule has 1 aliphatic rings. The van der Waals surface area contributed by atoms with Crippen molar-refractivity contribution in [1.29, 1.82) is 5.26 Å². The first-order chi connectivity index (χ1) is 7.95. The van der Waals surface area contributed by atoms with E-state index in [0.717, 1.165) is 0 Å². The molecule has 1 fully saturated rings. The average molecular weight is 238 g/mol. The zero-order valence-corrected chi connectivity index (χ0v) is 10.5. The molecule has 0 saturated carbocycles. The Hall–Kier alpha value is -1.57. The van der Waals surface area contributed by atoms with Crippen LogP contribution < -0.4 is 0 Å². The lowest BCUT2D eigenvalue weighted by atomic mass is 9.89. The Morgan fingerprint density at radius 2 is 2.29 bits per heavy atom. The summed E-state index contributed by atoms with van der Waals surface area (Å²) in [5.41, 5.74) is -1.30. The molecule has 1 unspecified atom stereocenters. The normalized spacial score (nSPS) is 23.9. The second kappa shape index (κ2) is 5.17. The van der Waals surface area contributed by atoms with Gasteiger partial charge in [-0.1, -0.05) is 13.8 Å². The second-order valence-electron chi connectivity index (χ2n) is 4.76. The third-order valence-corrected chi connectivity index (χ3v) is 2.73. The Balaban J connectivity index is 2.82. The maximum atomic E-state index is 11.8. The van der Waals surface area contributed by atoms with E-state index < -0.39 is 11.4 Å². The van der Waals surface area contributed by atoms with Gasteiger partial charge in [0.05, 0.1) is 25.6 Å². The molecule has 0 aromatic heterocycles. The summed E-state index contributed by atoms with van der Waals surface area (Å²) in [5.74, 6) is -0.411. The van der Waals surface area contributed by atoms with Crippen LogP contribution in [-0.2, 0) is 14.3 Å². The van der Waals surface area contributed by atoms with E-state index in [9.17, 15) is 9.59 Å². The first-order valence-corrected chi connectivity index (χ1v) is 5.81. The fourth-order valence-corrected chi connectivity index (χ4v) is 1.97. The van der Waals surface area contributed by atoms with Gasteiger partial charge in [-0.25, -0.2) is 0 Å². The zero-order chi connectivity index (χ0) is 13.1. The summed E-state index contributed by atoms with van der Waals surface area (Å²) in [6.45, 7) is 6.61. The van der Waals surface area contributed by atoms with Crippen molar-refractivity contribution in [3.63, 3.8) is 0 Å². The fourth-order valence-electron chi connectivity index (χ4n) is 1.97. The quantitative estimate of drug-likeness (QED) is 0.684. The third kappa shape index (κ3) is 2.76. The molecule has 94 valence electrons. The number of hydrogen-bond donors (Lipinski definition) is 0. The highest BCUT2D eigenvalue weighted by atomic mass is 16.5. The van der Waals surface area contributed by atoms with E-state index in [0.29, 0.717) is 12.5 Å². The lowest BCUT2D eigenvalue weighted by molar-refractivity contribution is -0.151. The molecule has 1 amide bonds. The van der Waals surface area contributed by atoms with E-state index >= 15 is 0 Å². The van der Waals surface area contributed by atoms with E-state index in [1.165, 1.54) is 0 Å². The molecule has 17 heavy (non-hydrogen) atoms. The molecule has 1 atom stereocenters. The van der Waals surface area contributed by atoms with E-state index in [1.807, 2.05) is 19.9 Å². The predicted octanol–water partition coefficient (Wildman–Crippen LogP) is 0.948. The summed E-state index contributed by atoms with van der Waals surface area (Å²) in [4.78, 5) is 25.1. The lowest BCUT2D eigenvalue weighted by Gasteiger charge is -2.21. The number of esters is 1. The van der Waals surface area contributed by atoms with Crippen molar-refractivity contribution in [3.05, 3.63) is 0 Å². The van der Waals surface area contributed by atoms with Crippen molar-refractivity contribution < 1.29 is 14.3 Å². The minimum atomic E-state index is -1.30. The number of likely N-dealkylation sites (tertiary alicyclic amines) is 1. The summed E-state index contributed by atoms with van der Waals surface area (Å²) >= 11 is 0. The number of carbonyl (C=O) groups is 2. The highest BCUT2D eigenvalue weighted by molar-refractivity contribution is 5.92. The number of ether oxygens (including phenoxy) is 1. The summed E-state index contributed by atoms with van der Waals surface area (Å²) < 4.78 is 4.88. The summed E-state index contributed by atoms with van der Waals surface area (Å²) in [6.07, 6.45) is -0.0605. The molecule has 0 aromatic rings. The van der Waals surface area contributed by atoms with Crippen LogP contribution in [0.2, 0.25) is 0 Å². The first kappa shape index (κ1) is 13.5. The monoisotopic (exact) mass is 238 g/mol. The lowest BCUT2D eigenvalue weighted by Crippen LogP contribution is -2.36. The van der Waals surface area contributed by atoms with Crippen LogP contribution in [-0.4, -0.2) is 36.5 Å². The van der Waals surface area contributed by atoms with Gasteiger partial charge in [0, 0.05) is 6.54 Å². The topological polar surface area (TPSA) is 70.4 Å². The number of rotatable bonds is 4. The molecule has 1 saturated heterocycles. The minimum Gasteiger partial charge on any atom is -0.465 e. The van der Waals surface area contributed by atoms with Crippen molar-refractivity contribution >= 4 is 11.9 Å². The number of nitriles is 1. The van der Waals surface area contributed by atoms with Crippen LogP contribution in [0.3, 0.4) is 0 Å². The largest absolute Gasteiger partial charge is 0.465 e. The number of nitrogens with zero attached hydrogens (tertiary/aromatic N) is 2. The Morgan fingerprint density at radius 1 is 1.65 bits per heavy atom. The van der Waals surface area contributed by atoms with Gasteiger partial charge >= 0.3 is 5.97 Å². The van der Waals surface area contributed by atoms with Crippen LogP contribution in [0.5, 0.6) is 0 Å². The van der Waals surface area contributed by atoms with Crippen LogP contribution in [0.25, 0.3) is 0 Å². The molecule has 5 nitrogen and oxygen atoms in total. The molecule has 1 rings (SSSR count). The highest BCUT2D eigenvalue weighted by Gasteiger charge is 2.50. The number of hydrogen-bond acceptors (Lipinski definition) is 4. The number of amides is 1. The summed E-state index contributed by atoms with van der Waals surface area (Å²) in [7, 11) is 0. The summed E-state index contributed by atoms with van der Waals surface area (Å²) in [6, 6.07) is 1.96. The predicted molar refractivity (Wildman–Crippen MR) is 60.7 cm³/mol. The molecule has 5 heteroatoms. The van der Waals surface area contributed by atoms with E-state index in [-0.39, 0.29) is 25.5 Å². The van der Waals surface area contributed by atoms with Crippen LogP contribution in [0.4, 0.5) is 0 Å². The Morgan fingerprint density at radius 3 is 2.76 bits per heavy atom. The summed E-state index contributed by atoms with van der Waals surface area (Å²) in [5, 5.41) is 9.15. The van der Waals surface area contributed by atoms with Gasteiger partial charge in [-0.15, -0.1) is 0 Å². The zero-order valence-electron chi connectivity index (χ0n) is 10.5. The van der Waals surface area contributed by atoms with Gasteiger partial charge in [0.2, 0.25) is 5.91 Å². The van der Waals surface area contributed by atoms with Crippen LogP contribution in [0, 0.1) is 22.7 Å². The molecule has 0 spiro atoms. The molecular formula is C12H18N2O3. The molecule has 0 bridgehead atoms. The minimum absolute atomic E-state index is 0.0605. The van der Waals surface area contributed by atoms with Crippen LogP contribution in [0.1, 0.15) is 27.2 Å². The Bertz CT molecular complexity index is 359. The maximum absolute atomic E-state index is 11.8. The Labute approximate surface area is 101 Å². The maximum Gasteiger partial charge on any atom is 0.328 e. The molecular weight excluding hydrogens is 220 g/mol. The fraction of sp³-hybridized carbons (Fsp3) is 0.750. The molecule has 0 aromatic carbocycles. The van der Waals surface area contributed by atoms with Crippen LogP contribution in [0.15, 0.2) is 0 Å². The highest BCUT2D eigenvalue weighted by Crippen LogP contribution is 2.32. The smallest absolute Gasteiger partial charge is 0.328 e. The number of carbonyl (C=O) groups excluding carboxylic acids is 2. The van der Waals surface area contributed by atoms with Crippen molar-refractivity contribution in [3.8, 4) is 6.07 Å². The molecule has 0 radical (unpaired) electrons. The first-order valence-electron chi connectivity index (χ1n) is 5.81. The van der Waals surface area contributed by atoms with Gasteiger partial charge in [0.25, 0.3) is 0 Å². The van der Waals surface area contributed by atoms with Crippen molar-refractivity contribution in [2.24, 2.45) is 11.3 Å². The average Bonchev–Trinajstić information content (AvgIpc) is 2.57. The van der Waals surface area contributed by atoms with Gasteiger partial charge in [0.15, 0.2) is 5.41 Å². The van der Waals surface area contributed by atoms with Crippen molar-refractivity contribution in [2.75, 3.05) is 19.7 Å². The third-order valence-electron chi connectivity index (χ3n) is 2.73. The van der Waals surface area contributed by atoms with Crippen LogP contribution >= 0.6 is 0 Å². The van der Waals surface area contributed by atoms with E-state index in [1.54, 1.807) is 11.8 Å². The molecule has 1 aliphatic heterocycles. The van der Waals surface area contributed by atoms with Gasteiger partial charge in [-0.3, -0.25) is 9.59 Å². The van der Waals surface area contributed by atoms with E-state index in [4.69, 9.17) is 10.00 Å². The van der Waals surface area contributed by atoms with Gasteiger partial charge in [0.1, 0.15) is 0 Å². The SMILES string of the molecule is CCOC(=O)C1(C#N)CC(=O)N(CC(C)C)C1. The van der Waals surface area contributed by atoms with Gasteiger partial charge in [-0.05, 0) is 12.8 Å². The second-order valence-corrected chi connectivity index (χ2v) is 4.76.